The molecule has 0 bridgehead atoms. The van der Waals surface area contributed by atoms with Crippen LogP contribution in [-0.2, 0) is 0 Å². The summed E-state index contributed by atoms with van der Waals surface area (Å²) in [5.41, 5.74) is 0.308. The first kappa shape index (κ1) is 7.02. The summed E-state index contributed by atoms with van der Waals surface area (Å²) in [6, 6.07) is 0. The maximum atomic E-state index is 11.2. The van der Waals surface area contributed by atoms with Crippen molar-refractivity contribution in [1.29, 1.82) is 0 Å². The minimum absolute atomic E-state index is 0.204. The Labute approximate surface area is 68.8 Å². The highest BCUT2D eigenvalue weighted by Gasteiger charge is 2.16. The lowest BCUT2D eigenvalue weighted by molar-refractivity contribution is 0.0952. The van der Waals surface area contributed by atoms with E-state index in [9.17, 15) is 4.79 Å². The van der Waals surface area contributed by atoms with Crippen LogP contribution in [0.5, 0.6) is 5.75 Å². The van der Waals surface area contributed by atoms with E-state index in [4.69, 9.17) is 4.74 Å². The Kier molecular flexibility index (Phi) is 1.62. The van der Waals surface area contributed by atoms with E-state index in [1.54, 1.807) is 0 Å². The van der Waals surface area contributed by atoms with Crippen LogP contribution in [0.2, 0.25) is 0 Å². The highest BCUT2D eigenvalue weighted by Crippen LogP contribution is 2.14. The van der Waals surface area contributed by atoms with Gasteiger partial charge < -0.3 is 10.1 Å². The Morgan fingerprint density at radius 2 is 2.50 bits per heavy atom. The molecule has 12 heavy (non-hydrogen) atoms. The molecule has 5 heteroatoms. The molecule has 62 valence electrons. The van der Waals surface area contributed by atoms with E-state index in [2.05, 4.69) is 15.3 Å². The fourth-order valence-corrected chi connectivity index (χ4v) is 1.00. The van der Waals surface area contributed by atoms with Gasteiger partial charge >= 0.3 is 0 Å². The lowest BCUT2D eigenvalue weighted by Gasteiger charge is -2.00. The average molecular weight is 165 g/mol. The molecule has 1 aromatic heterocycles. The standard InChI is InChI=1S/C7H7N3O2/c11-7-6-5(3-8-4-10-6)12-2-1-9-7/h3-4H,1-2H2,(H,9,11). The molecule has 1 N–H and O–H groups in total. The van der Waals surface area contributed by atoms with E-state index in [-0.39, 0.29) is 5.91 Å². The van der Waals surface area contributed by atoms with Gasteiger partial charge in [0.25, 0.3) is 5.91 Å². The number of aromatic nitrogens is 2. The van der Waals surface area contributed by atoms with Crippen LogP contribution in [0.4, 0.5) is 0 Å². The number of hydrogen-bond acceptors (Lipinski definition) is 4. The normalized spacial score (nSPS) is 15.5. The third kappa shape index (κ3) is 1.09. The minimum atomic E-state index is -0.204. The summed E-state index contributed by atoms with van der Waals surface area (Å²) in [6.45, 7) is 0.974. The molecule has 1 aliphatic heterocycles. The van der Waals surface area contributed by atoms with Gasteiger partial charge in [0.2, 0.25) is 0 Å². The Hall–Kier alpha value is -1.65. The summed E-state index contributed by atoms with van der Waals surface area (Å²) >= 11 is 0. The van der Waals surface area contributed by atoms with Crippen LogP contribution in [-0.4, -0.2) is 29.0 Å². The van der Waals surface area contributed by atoms with Gasteiger partial charge in [-0.25, -0.2) is 9.97 Å². The van der Waals surface area contributed by atoms with Gasteiger partial charge in [0.1, 0.15) is 12.9 Å². The van der Waals surface area contributed by atoms with E-state index >= 15 is 0 Å². The predicted octanol–water partition coefficient (Wildman–Crippen LogP) is -0.401. The van der Waals surface area contributed by atoms with Gasteiger partial charge in [0, 0.05) is 0 Å². The van der Waals surface area contributed by atoms with Gasteiger partial charge in [0.15, 0.2) is 11.4 Å². The van der Waals surface area contributed by atoms with E-state index in [0.29, 0.717) is 24.6 Å². The summed E-state index contributed by atoms with van der Waals surface area (Å²) in [4.78, 5) is 18.8. The second-order valence-electron chi connectivity index (χ2n) is 2.34. The Morgan fingerprint density at radius 1 is 1.58 bits per heavy atom. The number of amides is 1. The monoisotopic (exact) mass is 165 g/mol. The highest BCUT2D eigenvalue weighted by atomic mass is 16.5. The molecule has 0 atom stereocenters. The first-order chi connectivity index (χ1) is 5.88. The van der Waals surface area contributed by atoms with Crippen molar-refractivity contribution in [1.82, 2.24) is 15.3 Å². The summed E-state index contributed by atoms with van der Waals surface area (Å²) in [5.74, 6) is 0.248. The van der Waals surface area contributed by atoms with Gasteiger partial charge in [0.05, 0.1) is 12.7 Å². The maximum Gasteiger partial charge on any atom is 0.273 e. The molecule has 0 aliphatic carbocycles. The molecule has 0 saturated heterocycles. The van der Waals surface area contributed by atoms with E-state index in [0.717, 1.165) is 0 Å². The molecule has 0 fully saturated rings. The summed E-state index contributed by atoms with van der Waals surface area (Å²) in [5, 5.41) is 2.65. The molecular weight excluding hydrogens is 158 g/mol. The number of nitrogens with one attached hydrogen (secondary N) is 1. The predicted molar refractivity (Wildman–Crippen MR) is 39.9 cm³/mol. The number of carbonyl (C=O) groups is 1. The lowest BCUT2D eigenvalue weighted by atomic mass is 10.3. The molecule has 1 aromatic rings. The van der Waals surface area contributed by atoms with Crippen molar-refractivity contribution in [2.45, 2.75) is 0 Å². The van der Waals surface area contributed by atoms with Gasteiger partial charge in [-0.2, -0.15) is 0 Å². The molecule has 0 spiro atoms. The van der Waals surface area contributed by atoms with Gasteiger partial charge in [-0.15, -0.1) is 0 Å². The molecule has 0 saturated carbocycles. The largest absolute Gasteiger partial charge is 0.488 e. The number of nitrogens with zero attached hydrogens (tertiary/aromatic N) is 2. The topological polar surface area (TPSA) is 64.1 Å². The number of ether oxygens (including phenoxy) is 1. The molecule has 1 aliphatic rings. The Bertz CT molecular complexity index is 313. The van der Waals surface area contributed by atoms with Gasteiger partial charge in [-0.05, 0) is 0 Å². The molecule has 1 amide bonds. The van der Waals surface area contributed by atoms with Crippen LogP contribution in [0.25, 0.3) is 0 Å². The molecule has 0 aromatic carbocycles. The quantitative estimate of drug-likeness (QED) is 0.568. The van der Waals surface area contributed by atoms with E-state index < -0.39 is 0 Å². The van der Waals surface area contributed by atoms with Crippen molar-refractivity contribution in [2.75, 3.05) is 13.2 Å². The summed E-state index contributed by atoms with van der Waals surface area (Å²) < 4.78 is 5.21. The Morgan fingerprint density at radius 3 is 3.42 bits per heavy atom. The molecule has 5 nitrogen and oxygen atoms in total. The van der Waals surface area contributed by atoms with Crippen LogP contribution in [0.3, 0.4) is 0 Å². The molecule has 2 rings (SSSR count). The fourth-order valence-electron chi connectivity index (χ4n) is 1.00. The molecule has 0 unspecified atom stereocenters. The van der Waals surface area contributed by atoms with Crippen molar-refractivity contribution in [3.05, 3.63) is 18.2 Å². The minimum Gasteiger partial charge on any atom is -0.488 e. The lowest BCUT2D eigenvalue weighted by Crippen LogP contribution is -2.24. The molecule has 0 radical (unpaired) electrons. The van der Waals surface area contributed by atoms with Gasteiger partial charge in [-0.1, -0.05) is 0 Å². The number of carbonyl (C=O) groups excluding carboxylic acids is 1. The third-order valence-electron chi connectivity index (χ3n) is 1.54. The smallest absolute Gasteiger partial charge is 0.273 e. The van der Waals surface area contributed by atoms with Crippen LogP contribution < -0.4 is 10.1 Å². The fraction of sp³-hybridized carbons (Fsp3) is 0.286. The second-order valence-corrected chi connectivity index (χ2v) is 2.34. The number of fused-ring (bicyclic) bond motifs is 1. The first-order valence-corrected chi connectivity index (χ1v) is 3.59. The van der Waals surface area contributed by atoms with Crippen molar-refractivity contribution in [3.8, 4) is 5.75 Å². The van der Waals surface area contributed by atoms with Crippen molar-refractivity contribution in [3.63, 3.8) is 0 Å². The van der Waals surface area contributed by atoms with E-state index in [1.807, 2.05) is 0 Å². The maximum absolute atomic E-state index is 11.2. The van der Waals surface area contributed by atoms with Crippen molar-refractivity contribution >= 4 is 5.91 Å². The second kappa shape index (κ2) is 2.77. The van der Waals surface area contributed by atoms with Gasteiger partial charge in [-0.3, -0.25) is 4.79 Å². The van der Waals surface area contributed by atoms with Crippen molar-refractivity contribution in [2.24, 2.45) is 0 Å². The zero-order chi connectivity index (χ0) is 8.39. The van der Waals surface area contributed by atoms with Crippen molar-refractivity contribution < 1.29 is 9.53 Å². The highest BCUT2D eigenvalue weighted by molar-refractivity contribution is 5.94. The first-order valence-electron chi connectivity index (χ1n) is 3.59. The van der Waals surface area contributed by atoms with Crippen LogP contribution >= 0.6 is 0 Å². The summed E-state index contributed by atoms with van der Waals surface area (Å²) in [7, 11) is 0. The van der Waals surface area contributed by atoms with Crippen LogP contribution in [0.1, 0.15) is 10.5 Å². The zero-order valence-electron chi connectivity index (χ0n) is 6.28. The molecule has 2 heterocycles. The molecular formula is C7H7N3O2. The van der Waals surface area contributed by atoms with Crippen LogP contribution in [0, 0.1) is 0 Å². The summed E-state index contributed by atoms with van der Waals surface area (Å²) in [6.07, 6.45) is 2.82. The third-order valence-corrected chi connectivity index (χ3v) is 1.54. The Balaban J connectivity index is 2.46. The SMILES string of the molecule is O=C1NCCOc2cncnc21. The average Bonchev–Trinajstić information content (AvgIpc) is 2.29. The number of hydrogen-bond donors (Lipinski definition) is 1. The van der Waals surface area contributed by atoms with E-state index in [1.165, 1.54) is 12.5 Å². The zero-order valence-corrected chi connectivity index (χ0v) is 6.28. The number of rotatable bonds is 0. The van der Waals surface area contributed by atoms with Crippen LogP contribution in [0.15, 0.2) is 12.5 Å².